The molecule has 2 atom stereocenters. The minimum absolute atomic E-state index is 0.00209. The lowest BCUT2D eigenvalue weighted by Gasteiger charge is -2.27. The molecule has 1 amide bonds. The third-order valence-electron chi connectivity index (χ3n) is 4.03. The first-order valence-corrected chi connectivity index (χ1v) is 6.91. The summed E-state index contributed by atoms with van der Waals surface area (Å²) in [6, 6.07) is -0.728. The number of carbonyl (C=O) groups is 2. The van der Waals surface area contributed by atoms with Gasteiger partial charge in [-0.25, -0.2) is 4.79 Å². The van der Waals surface area contributed by atoms with Crippen molar-refractivity contribution in [1.82, 2.24) is 5.32 Å². The monoisotopic (exact) mass is 255 g/mol. The van der Waals surface area contributed by atoms with Crippen molar-refractivity contribution in [3.05, 3.63) is 0 Å². The Morgan fingerprint density at radius 1 is 1.44 bits per heavy atom. The summed E-state index contributed by atoms with van der Waals surface area (Å²) in [5.74, 6) is -1.05. The van der Waals surface area contributed by atoms with Crippen molar-refractivity contribution in [3.8, 4) is 0 Å². The van der Waals surface area contributed by atoms with Crippen LogP contribution in [0.1, 0.15) is 59.3 Å². The van der Waals surface area contributed by atoms with E-state index in [0.717, 1.165) is 32.1 Å². The maximum Gasteiger partial charge on any atom is 0.326 e. The lowest BCUT2D eigenvalue weighted by atomic mass is 9.81. The summed E-state index contributed by atoms with van der Waals surface area (Å²) in [5, 5.41) is 11.8. The highest BCUT2D eigenvalue weighted by Gasteiger charge is 2.40. The third-order valence-corrected chi connectivity index (χ3v) is 4.03. The normalized spacial score (nSPS) is 23.6. The van der Waals surface area contributed by atoms with E-state index in [9.17, 15) is 9.59 Å². The fourth-order valence-corrected chi connectivity index (χ4v) is 2.75. The summed E-state index contributed by atoms with van der Waals surface area (Å²) < 4.78 is 0. The second-order valence-corrected chi connectivity index (χ2v) is 5.98. The SMILES string of the molecule is CCCCC(NC(=O)C1CCCC1(C)C)C(=O)O. The van der Waals surface area contributed by atoms with Gasteiger partial charge in [0.25, 0.3) is 0 Å². The van der Waals surface area contributed by atoms with E-state index in [0.29, 0.717) is 6.42 Å². The van der Waals surface area contributed by atoms with E-state index in [4.69, 9.17) is 5.11 Å². The number of amides is 1. The second kappa shape index (κ2) is 6.21. The molecule has 0 heterocycles. The molecule has 0 spiro atoms. The summed E-state index contributed by atoms with van der Waals surface area (Å²) in [5.41, 5.74) is -0.00209. The van der Waals surface area contributed by atoms with Gasteiger partial charge in [0.2, 0.25) is 5.91 Å². The maximum absolute atomic E-state index is 12.2. The molecular weight excluding hydrogens is 230 g/mol. The molecule has 0 bridgehead atoms. The minimum atomic E-state index is -0.924. The molecule has 1 fully saturated rings. The summed E-state index contributed by atoms with van der Waals surface area (Å²) in [7, 11) is 0. The van der Waals surface area contributed by atoms with Gasteiger partial charge in [0, 0.05) is 5.92 Å². The van der Waals surface area contributed by atoms with Crippen LogP contribution in [0.25, 0.3) is 0 Å². The van der Waals surface area contributed by atoms with Gasteiger partial charge in [-0.05, 0) is 24.7 Å². The first-order valence-electron chi connectivity index (χ1n) is 6.91. The fraction of sp³-hybridized carbons (Fsp3) is 0.857. The lowest BCUT2D eigenvalue weighted by Crippen LogP contribution is -2.45. The number of carboxylic acid groups (broad SMARTS) is 1. The van der Waals surface area contributed by atoms with Crippen LogP contribution in [-0.4, -0.2) is 23.0 Å². The topological polar surface area (TPSA) is 66.4 Å². The summed E-state index contributed by atoms with van der Waals surface area (Å²) >= 11 is 0. The Labute approximate surface area is 109 Å². The Bertz CT molecular complexity index is 312. The van der Waals surface area contributed by atoms with Crippen molar-refractivity contribution in [3.63, 3.8) is 0 Å². The van der Waals surface area contributed by atoms with Crippen molar-refractivity contribution in [2.75, 3.05) is 0 Å². The smallest absolute Gasteiger partial charge is 0.326 e. The zero-order chi connectivity index (χ0) is 13.8. The third kappa shape index (κ3) is 3.72. The average Bonchev–Trinajstić information content (AvgIpc) is 2.63. The van der Waals surface area contributed by atoms with Gasteiger partial charge < -0.3 is 10.4 Å². The van der Waals surface area contributed by atoms with Crippen LogP contribution in [0.3, 0.4) is 0 Å². The average molecular weight is 255 g/mol. The second-order valence-electron chi connectivity index (χ2n) is 5.98. The molecule has 4 nitrogen and oxygen atoms in total. The number of carboxylic acids is 1. The van der Waals surface area contributed by atoms with Gasteiger partial charge in [-0.3, -0.25) is 4.79 Å². The Hall–Kier alpha value is -1.06. The largest absolute Gasteiger partial charge is 0.480 e. The van der Waals surface area contributed by atoms with Gasteiger partial charge in [-0.1, -0.05) is 40.0 Å². The quantitative estimate of drug-likeness (QED) is 0.766. The number of rotatable bonds is 6. The summed E-state index contributed by atoms with van der Waals surface area (Å²) in [6.07, 6.45) is 5.25. The van der Waals surface area contributed by atoms with Gasteiger partial charge in [0.1, 0.15) is 6.04 Å². The maximum atomic E-state index is 12.2. The molecule has 0 aromatic rings. The first-order chi connectivity index (χ1) is 8.38. The predicted molar refractivity (Wildman–Crippen MR) is 70.2 cm³/mol. The molecule has 0 radical (unpaired) electrons. The molecule has 104 valence electrons. The molecule has 1 aliphatic carbocycles. The van der Waals surface area contributed by atoms with E-state index in [1.165, 1.54) is 0 Å². The van der Waals surface area contributed by atoms with Gasteiger partial charge in [0.05, 0.1) is 0 Å². The van der Waals surface area contributed by atoms with Gasteiger partial charge in [-0.2, -0.15) is 0 Å². The summed E-state index contributed by atoms with van der Waals surface area (Å²) in [4.78, 5) is 23.3. The molecule has 0 aromatic carbocycles. The van der Waals surface area contributed by atoms with Gasteiger partial charge in [0.15, 0.2) is 0 Å². The highest BCUT2D eigenvalue weighted by Crippen LogP contribution is 2.42. The standard InChI is InChI=1S/C14H25NO3/c1-4-5-8-11(13(17)18)15-12(16)10-7-6-9-14(10,2)3/h10-11H,4-9H2,1-3H3,(H,15,16)(H,17,18). The predicted octanol–water partition coefficient (Wildman–Crippen LogP) is 2.57. The number of carbonyl (C=O) groups excluding carboxylic acids is 1. The van der Waals surface area contributed by atoms with Crippen molar-refractivity contribution < 1.29 is 14.7 Å². The first kappa shape index (κ1) is 15.0. The number of aliphatic carboxylic acids is 1. The molecule has 1 saturated carbocycles. The van der Waals surface area contributed by atoms with Crippen LogP contribution in [0.15, 0.2) is 0 Å². The van der Waals surface area contributed by atoms with Crippen LogP contribution >= 0.6 is 0 Å². The molecule has 4 heteroatoms. The number of nitrogens with one attached hydrogen (secondary N) is 1. The minimum Gasteiger partial charge on any atom is -0.480 e. The lowest BCUT2D eigenvalue weighted by molar-refractivity contribution is -0.143. The Balaban J connectivity index is 2.58. The van der Waals surface area contributed by atoms with Crippen LogP contribution in [0.2, 0.25) is 0 Å². The number of unbranched alkanes of at least 4 members (excludes halogenated alkanes) is 1. The molecule has 1 rings (SSSR count). The Morgan fingerprint density at radius 3 is 2.56 bits per heavy atom. The highest BCUT2D eigenvalue weighted by molar-refractivity contribution is 5.85. The van der Waals surface area contributed by atoms with E-state index in [2.05, 4.69) is 19.2 Å². The van der Waals surface area contributed by atoms with Crippen LogP contribution in [-0.2, 0) is 9.59 Å². The fourth-order valence-electron chi connectivity index (χ4n) is 2.75. The van der Waals surface area contributed by atoms with E-state index in [-0.39, 0.29) is 17.2 Å². The van der Waals surface area contributed by atoms with E-state index in [1.54, 1.807) is 0 Å². The number of hydrogen-bond acceptors (Lipinski definition) is 2. The van der Waals surface area contributed by atoms with Crippen LogP contribution in [0, 0.1) is 11.3 Å². The number of hydrogen-bond donors (Lipinski definition) is 2. The van der Waals surface area contributed by atoms with Crippen molar-refractivity contribution in [2.45, 2.75) is 65.3 Å². The van der Waals surface area contributed by atoms with Gasteiger partial charge in [-0.15, -0.1) is 0 Å². The molecule has 0 aliphatic heterocycles. The molecule has 0 aromatic heterocycles. The van der Waals surface area contributed by atoms with Gasteiger partial charge >= 0.3 is 5.97 Å². The zero-order valence-electron chi connectivity index (χ0n) is 11.7. The van der Waals surface area contributed by atoms with E-state index >= 15 is 0 Å². The molecule has 2 unspecified atom stereocenters. The molecular formula is C14H25NO3. The Kier molecular flexibility index (Phi) is 5.17. The van der Waals surface area contributed by atoms with Crippen molar-refractivity contribution in [1.29, 1.82) is 0 Å². The van der Waals surface area contributed by atoms with E-state index in [1.807, 2.05) is 6.92 Å². The Morgan fingerprint density at radius 2 is 2.11 bits per heavy atom. The summed E-state index contributed by atoms with van der Waals surface area (Å²) in [6.45, 7) is 6.19. The zero-order valence-corrected chi connectivity index (χ0v) is 11.7. The van der Waals surface area contributed by atoms with Crippen molar-refractivity contribution in [2.24, 2.45) is 11.3 Å². The van der Waals surface area contributed by atoms with E-state index < -0.39 is 12.0 Å². The molecule has 1 aliphatic rings. The molecule has 0 saturated heterocycles. The van der Waals surface area contributed by atoms with Crippen LogP contribution in [0.5, 0.6) is 0 Å². The van der Waals surface area contributed by atoms with Crippen LogP contribution < -0.4 is 5.32 Å². The highest BCUT2D eigenvalue weighted by atomic mass is 16.4. The molecule has 2 N–H and O–H groups in total. The van der Waals surface area contributed by atoms with Crippen molar-refractivity contribution >= 4 is 11.9 Å². The molecule has 18 heavy (non-hydrogen) atoms. The van der Waals surface area contributed by atoms with Crippen LogP contribution in [0.4, 0.5) is 0 Å².